The van der Waals surface area contributed by atoms with Crippen LogP contribution < -0.4 is 5.32 Å². The van der Waals surface area contributed by atoms with Gasteiger partial charge in [-0.3, -0.25) is 4.79 Å². The zero-order valence-corrected chi connectivity index (χ0v) is 14.3. The van der Waals surface area contributed by atoms with Gasteiger partial charge in [-0.15, -0.1) is 0 Å². The maximum absolute atomic E-state index is 12.4. The van der Waals surface area contributed by atoms with Gasteiger partial charge in [-0.2, -0.15) is 0 Å². The number of hydrogen-bond donors (Lipinski definition) is 1. The fourth-order valence-corrected chi connectivity index (χ4v) is 2.30. The molecule has 2 aromatic carbocycles. The number of aryl methyl sites for hydroxylation is 2. The molecule has 3 heteroatoms. The van der Waals surface area contributed by atoms with Crippen LogP contribution in [0, 0.1) is 13.8 Å². The summed E-state index contributed by atoms with van der Waals surface area (Å²) in [7, 11) is 0. The Morgan fingerprint density at radius 2 is 1.74 bits per heavy atom. The normalized spacial score (nSPS) is 11.3. The first kappa shape index (κ1) is 17.2. The first-order chi connectivity index (χ1) is 10.9. The van der Waals surface area contributed by atoms with Gasteiger partial charge in [0, 0.05) is 5.56 Å². The number of ether oxygens (including phenoxy) is 1. The van der Waals surface area contributed by atoms with Crippen molar-refractivity contribution in [1.82, 2.24) is 5.32 Å². The van der Waals surface area contributed by atoms with E-state index in [0.717, 1.165) is 11.1 Å². The summed E-state index contributed by atoms with van der Waals surface area (Å²) in [5.41, 5.74) is 3.70. The molecule has 2 rings (SSSR count). The maximum Gasteiger partial charge on any atom is 0.251 e. The van der Waals surface area contributed by atoms with Crippen molar-refractivity contribution < 1.29 is 9.53 Å². The van der Waals surface area contributed by atoms with Gasteiger partial charge >= 0.3 is 0 Å². The summed E-state index contributed by atoms with van der Waals surface area (Å²) < 4.78 is 5.75. The van der Waals surface area contributed by atoms with E-state index < -0.39 is 5.54 Å². The van der Waals surface area contributed by atoms with Gasteiger partial charge in [0.1, 0.15) is 0 Å². The Labute approximate surface area is 138 Å². The van der Waals surface area contributed by atoms with Crippen LogP contribution >= 0.6 is 0 Å². The van der Waals surface area contributed by atoms with Crippen molar-refractivity contribution >= 4 is 5.91 Å². The molecule has 0 saturated heterocycles. The first-order valence-electron chi connectivity index (χ1n) is 7.89. The number of carbonyl (C=O) groups is 1. The first-order valence-corrected chi connectivity index (χ1v) is 7.89. The Hall–Kier alpha value is -2.13. The highest BCUT2D eigenvalue weighted by molar-refractivity contribution is 5.94. The number of nitrogens with one attached hydrogen (secondary N) is 1. The second-order valence-corrected chi connectivity index (χ2v) is 6.62. The lowest BCUT2D eigenvalue weighted by molar-refractivity contribution is 0.0617. The number of carbonyl (C=O) groups excluding carboxylic acids is 1. The summed E-state index contributed by atoms with van der Waals surface area (Å²) in [6.07, 6.45) is 0. The minimum atomic E-state index is -0.426. The van der Waals surface area contributed by atoms with Crippen molar-refractivity contribution in [3.05, 3.63) is 70.8 Å². The largest absolute Gasteiger partial charge is 0.374 e. The van der Waals surface area contributed by atoms with Crippen LogP contribution in [-0.4, -0.2) is 18.1 Å². The molecule has 0 aliphatic carbocycles. The Morgan fingerprint density at radius 1 is 1.04 bits per heavy atom. The van der Waals surface area contributed by atoms with Gasteiger partial charge < -0.3 is 10.1 Å². The van der Waals surface area contributed by atoms with Gasteiger partial charge in [-0.1, -0.05) is 36.4 Å². The molecule has 23 heavy (non-hydrogen) atoms. The molecule has 1 N–H and O–H groups in total. The van der Waals surface area contributed by atoms with E-state index in [-0.39, 0.29) is 5.91 Å². The molecule has 0 atom stereocenters. The molecular formula is C20H25NO2. The van der Waals surface area contributed by atoms with Crippen molar-refractivity contribution in [3.63, 3.8) is 0 Å². The van der Waals surface area contributed by atoms with Crippen molar-refractivity contribution in [1.29, 1.82) is 0 Å². The van der Waals surface area contributed by atoms with E-state index in [1.807, 2.05) is 76.2 Å². The standard InChI is InChI=1S/C20H25NO2/c1-15-10-11-18(12-16(15)2)19(22)21-20(3,4)14-23-13-17-8-6-5-7-9-17/h5-12H,13-14H2,1-4H3,(H,21,22). The molecule has 0 aliphatic rings. The average Bonchev–Trinajstić information content (AvgIpc) is 2.50. The summed E-state index contributed by atoms with van der Waals surface area (Å²) >= 11 is 0. The minimum absolute atomic E-state index is 0.0681. The van der Waals surface area contributed by atoms with E-state index in [2.05, 4.69) is 5.32 Å². The minimum Gasteiger partial charge on any atom is -0.374 e. The molecule has 0 radical (unpaired) electrons. The molecule has 3 nitrogen and oxygen atoms in total. The summed E-state index contributed by atoms with van der Waals surface area (Å²) in [5.74, 6) is -0.0681. The molecule has 0 aromatic heterocycles. The Bertz CT molecular complexity index is 663. The van der Waals surface area contributed by atoms with Crippen LogP contribution in [0.3, 0.4) is 0 Å². The van der Waals surface area contributed by atoms with E-state index in [1.165, 1.54) is 5.56 Å². The zero-order valence-electron chi connectivity index (χ0n) is 14.3. The van der Waals surface area contributed by atoms with Crippen LogP contribution in [0.15, 0.2) is 48.5 Å². The van der Waals surface area contributed by atoms with Crippen LogP contribution in [0.4, 0.5) is 0 Å². The third kappa shape index (κ3) is 5.22. The number of benzene rings is 2. The molecule has 0 fully saturated rings. The number of rotatable bonds is 6. The average molecular weight is 311 g/mol. The third-order valence-corrected chi connectivity index (χ3v) is 3.80. The Balaban J connectivity index is 1.89. The Kier molecular flexibility index (Phi) is 5.56. The SMILES string of the molecule is Cc1ccc(C(=O)NC(C)(C)COCc2ccccc2)cc1C. The zero-order chi connectivity index (χ0) is 16.9. The van der Waals surface area contributed by atoms with Crippen LogP contribution in [0.1, 0.15) is 40.9 Å². The number of amides is 1. The highest BCUT2D eigenvalue weighted by atomic mass is 16.5. The number of hydrogen-bond acceptors (Lipinski definition) is 2. The summed E-state index contributed by atoms with van der Waals surface area (Å²) in [4.78, 5) is 12.4. The summed E-state index contributed by atoms with van der Waals surface area (Å²) in [5, 5.41) is 3.04. The van der Waals surface area contributed by atoms with Gasteiger partial charge in [0.2, 0.25) is 0 Å². The van der Waals surface area contributed by atoms with E-state index in [0.29, 0.717) is 18.8 Å². The van der Waals surface area contributed by atoms with Gasteiger partial charge in [0.05, 0.1) is 18.8 Å². The summed E-state index contributed by atoms with van der Waals surface area (Å²) in [6.45, 7) is 8.99. The molecular weight excluding hydrogens is 286 g/mol. The molecule has 0 saturated carbocycles. The second-order valence-electron chi connectivity index (χ2n) is 6.62. The smallest absolute Gasteiger partial charge is 0.251 e. The van der Waals surface area contributed by atoms with Gasteiger partial charge in [-0.05, 0) is 56.5 Å². The molecule has 0 bridgehead atoms. The highest BCUT2D eigenvalue weighted by Gasteiger charge is 2.21. The van der Waals surface area contributed by atoms with Crippen LogP contribution in [0.2, 0.25) is 0 Å². The highest BCUT2D eigenvalue weighted by Crippen LogP contribution is 2.12. The fraction of sp³-hybridized carbons (Fsp3) is 0.350. The topological polar surface area (TPSA) is 38.3 Å². The molecule has 0 aliphatic heterocycles. The van der Waals surface area contributed by atoms with E-state index in [9.17, 15) is 4.79 Å². The quantitative estimate of drug-likeness (QED) is 0.874. The molecule has 1 amide bonds. The van der Waals surface area contributed by atoms with E-state index in [4.69, 9.17) is 4.74 Å². The molecule has 0 heterocycles. The van der Waals surface area contributed by atoms with E-state index >= 15 is 0 Å². The van der Waals surface area contributed by atoms with Crippen LogP contribution in [0.5, 0.6) is 0 Å². The second kappa shape index (κ2) is 7.42. The molecule has 0 spiro atoms. The van der Waals surface area contributed by atoms with Crippen molar-refractivity contribution in [2.45, 2.75) is 39.8 Å². The monoisotopic (exact) mass is 311 g/mol. The predicted octanol–water partition coefficient (Wildman–Crippen LogP) is 4.03. The molecule has 122 valence electrons. The predicted molar refractivity (Wildman–Crippen MR) is 93.6 cm³/mol. The lowest BCUT2D eigenvalue weighted by atomic mass is 10.0. The molecule has 2 aromatic rings. The van der Waals surface area contributed by atoms with Crippen molar-refractivity contribution in [3.8, 4) is 0 Å². The third-order valence-electron chi connectivity index (χ3n) is 3.80. The molecule has 0 unspecified atom stereocenters. The summed E-state index contributed by atoms with van der Waals surface area (Å²) in [6, 6.07) is 15.8. The fourth-order valence-electron chi connectivity index (χ4n) is 2.30. The van der Waals surface area contributed by atoms with E-state index in [1.54, 1.807) is 0 Å². The van der Waals surface area contributed by atoms with Crippen molar-refractivity contribution in [2.24, 2.45) is 0 Å². The Morgan fingerprint density at radius 3 is 2.39 bits per heavy atom. The van der Waals surface area contributed by atoms with Crippen molar-refractivity contribution in [2.75, 3.05) is 6.61 Å². The van der Waals surface area contributed by atoms with Crippen LogP contribution in [-0.2, 0) is 11.3 Å². The van der Waals surface area contributed by atoms with Gasteiger partial charge in [0.25, 0.3) is 5.91 Å². The maximum atomic E-state index is 12.4. The lowest BCUT2D eigenvalue weighted by Gasteiger charge is -2.26. The van der Waals surface area contributed by atoms with Gasteiger partial charge in [-0.25, -0.2) is 0 Å². The lowest BCUT2D eigenvalue weighted by Crippen LogP contribution is -2.47. The van der Waals surface area contributed by atoms with Gasteiger partial charge in [0.15, 0.2) is 0 Å². The van der Waals surface area contributed by atoms with Crippen LogP contribution in [0.25, 0.3) is 0 Å².